The van der Waals surface area contributed by atoms with E-state index in [1.54, 1.807) is 0 Å². The second kappa shape index (κ2) is 17.8. The maximum absolute atomic E-state index is 8.67. The van der Waals surface area contributed by atoms with Crippen LogP contribution in [0.2, 0.25) is 0 Å². The zero-order valence-corrected chi connectivity index (χ0v) is 5.05. The monoisotopic (exact) mass is 228 g/mol. The van der Waals surface area contributed by atoms with Crippen LogP contribution in [0.1, 0.15) is 0 Å². The molecule has 0 saturated carbocycles. The Labute approximate surface area is 127 Å². The molecule has 0 aliphatic rings. The summed E-state index contributed by atoms with van der Waals surface area (Å²) in [6, 6.07) is 0. The van der Waals surface area contributed by atoms with Gasteiger partial charge in [0.15, 0.2) is 0 Å². The molecule has 4 N–H and O–H groups in total. The molecule has 0 aromatic rings. The van der Waals surface area contributed by atoms with Crippen LogP contribution < -0.4 is 0 Å². The van der Waals surface area contributed by atoms with Gasteiger partial charge in [0, 0.05) is 0 Å². The summed E-state index contributed by atoms with van der Waals surface area (Å²) in [6.45, 7) is 0. The van der Waals surface area contributed by atoms with E-state index in [0.717, 1.165) is 0 Å². The summed E-state index contributed by atoms with van der Waals surface area (Å²) < 4.78 is 45.7. The average molecular weight is 228 g/mol. The van der Waals surface area contributed by atoms with Gasteiger partial charge in [-0.2, -0.15) is 8.42 Å². The fourth-order valence-electron chi connectivity index (χ4n) is 0. The summed E-state index contributed by atoms with van der Waals surface area (Å²) in [5, 5.41) is 0. The van der Waals surface area contributed by atoms with Crippen LogP contribution in [-0.4, -0.2) is 108 Å². The van der Waals surface area contributed by atoms with Crippen LogP contribution in [-0.2, 0) is 22.7 Å². The molecule has 0 aliphatic carbocycles. The number of rotatable bonds is 0. The molecular formula is H6KNaO6S2. The SMILES string of the molecule is O=S(O)O.O=S(O)O.[KH].[NaH]. The van der Waals surface area contributed by atoms with Gasteiger partial charge in [-0.25, -0.2) is 0 Å². The van der Waals surface area contributed by atoms with Gasteiger partial charge in [-0.05, 0) is 0 Å². The summed E-state index contributed by atoms with van der Waals surface area (Å²) in [6.07, 6.45) is 0. The van der Waals surface area contributed by atoms with Crippen LogP contribution in [0.15, 0.2) is 0 Å². The molecule has 0 spiro atoms. The third-order valence-corrected chi connectivity index (χ3v) is 0. The first-order valence-electron chi connectivity index (χ1n) is 1.06. The van der Waals surface area contributed by atoms with Gasteiger partial charge in [0.25, 0.3) is 22.7 Å². The molecule has 0 bridgehead atoms. The maximum atomic E-state index is 8.67. The van der Waals surface area contributed by atoms with Crippen molar-refractivity contribution < 1.29 is 26.6 Å². The molecule has 0 fully saturated rings. The Kier molecular flexibility index (Phi) is 40.8. The van der Waals surface area contributed by atoms with Crippen LogP contribution in [0.4, 0.5) is 0 Å². The van der Waals surface area contributed by atoms with E-state index in [-0.39, 0.29) is 80.9 Å². The first kappa shape index (κ1) is 23.0. The van der Waals surface area contributed by atoms with Crippen LogP contribution >= 0.6 is 0 Å². The van der Waals surface area contributed by atoms with Gasteiger partial charge < -0.3 is 0 Å². The molecule has 56 valence electrons. The van der Waals surface area contributed by atoms with Gasteiger partial charge in [-0.15, -0.1) is 0 Å². The van der Waals surface area contributed by atoms with Crippen LogP contribution in [0.25, 0.3) is 0 Å². The van der Waals surface area contributed by atoms with Crippen molar-refractivity contribution in [2.75, 3.05) is 0 Å². The molecule has 0 aromatic carbocycles. The van der Waals surface area contributed by atoms with Crippen molar-refractivity contribution in [2.45, 2.75) is 0 Å². The normalized spacial score (nSPS) is 7.00. The van der Waals surface area contributed by atoms with Gasteiger partial charge in [0.2, 0.25) is 0 Å². The molecule has 0 radical (unpaired) electrons. The molecule has 0 amide bonds. The Morgan fingerprint density at radius 3 is 0.800 bits per heavy atom. The van der Waals surface area contributed by atoms with E-state index in [2.05, 4.69) is 0 Å². The molecule has 10 heavy (non-hydrogen) atoms. The Morgan fingerprint density at radius 2 is 0.800 bits per heavy atom. The minimum absolute atomic E-state index is 0. The molecule has 0 heterocycles. The summed E-state index contributed by atoms with van der Waals surface area (Å²) in [7, 11) is 0. The van der Waals surface area contributed by atoms with Crippen molar-refractivity contribution >= 4 is 104 Å². The van der Waals surface area contributed by atoms with Gasteiger partial charge in [-0.3, -0.25) is 18.2 Å². The molecule has 0 aromatic heterocycles. The molecular weight excluding hydrogens is 222 g/mol. The van der Waals surface area contributed by atoms with Crippen molar-refractivity contribution in [3.05, 3.63) is 0 Å². The van der Waals surface area contributed by atoms with E-state index in [9.17, 15) is 0 Å². The second-order valence-electron chi connectivity index (χ2n) is 0.461. The molecule has 0 atom stereocenters. The van der Waals surface area contributed by atoms with Gasteiger partial charge in [0.1, 0.15) is 0 Å². The Balaban J connectivity index is -0.0000000300. The summed E-state index contributed by atoms with van der Waals surface area (Å²) in [5.74, 6) is 0. The van der Waals surface area contributed by atoms with E-state index < -0.39 is 22.7 Å². The first-order chi connectivity index (χ1) is 3.46. The Bertz CT molecular complexity index is 73.7. The third kappa shape index (κ3) is 134. The van der Waals surface area contributed by atoms with E-state index in [0.29, 0.717) is 0 Å². The van der Waals surface area contributed by atoms with E-state index in [4.69, 9.17) is 26.6 Å². The zero-order chi connectivity index (χ0) is 7.15. The molecule has 0 unspecified atom stereocenters. The number of hydrogen-bond donors (Lipinski definition) is 4. The third-order valence-electron chi connectivity index (χ3n) is 0. The minimum atomic E-state index is -2.61. The zero-order valence-electron chi connectivity index (χ0n) is 3.42. The molecule has 6 nitrogen and oxygen atoms in total. The fraction of sp³-hybridized carbons (Fsp3) is 0. The van der Waals surface area contributed by atoms with Crippen LogP contribution in [0.3, 0.4) is 0 Å². The van der Waals surface area contributed by atoms with Crippen LogP contribution in [0, 0.1) is 0 Å². The van der Waals surface area contributed by atoms with Crippen LogP contribution in [0.5, 0.6) is 0 Å². The predicted molar refractivity (Wildman–Crippen MR) is 41.1 cm³/mol. The quantitative estimate of drug-likeness (QED) is 0.283. The Hall–Kier alpha value is 2.78. The summed E-state index contributed by atoms with van der Waals surface area (Å²) >= 11 is -5.22. The fourth-order valence-corrected chi connectivity index (χ4v) is 0. The first-order valence-corrected chi connectivity index (χ1v) is 3.19. The topological polar surface area (TPSA) is 115 Å². The van der Waals surface area contributed by atoms with Crippen molar-refractivity contribution in [3.63, 3.8) is 0 Å². The molecule has 0 rings (SSSR count). The average Bonchev–Trinajstić information content (AvgIpc) is 1.25. The number of hydrogen-bond acceptors (Lipinski definition) is 2. The summed E-state index contributed by atoms with van der Waals surface area (Å²) in [5.41, 5.74) is 0. The summed E-state index contributed by atoms with van der Waals surface area (Å²) in [4.78, 5) is 0. The van der Waals surface area contributed by atoms with Crippen molar-refractivity contribution in [3.8, 4) is 0 Å². The van der Waals surface area contributed by atoms with Gasteiger partial charge in [-0.1, -0.05) is 0 Å². The van der Waals surface area contributed by atoms with Crippen molar-refractivity contribution in [1.82, 2.24) is 0 Å². The predicted octanol–water partition coefficient (Wildman–Crippen LogP) is -1.93. The van der Waals surface area contributed by atoms with Gasteiger partial charge >= 0.3 is 80.9 Å². The van der Waals surface area contributed by atoms with Gasteiger partial charge in [0.05, 0.1) is 0 Å². The molecule has 0 saturated heterocycles. The van der Waals surface area contributed by atoms with E-state index in [1.165, 1.54) is 0 Å². The standard InChI is InChI=1S/K.Na.2H2O3S.2H/c;;2*1-4(2)3;;/h;;2*(H2,1,2,3);;. The van der Waals surface area contributed by atoms with E-state index >= 15 is 0 Å². The Morgan fingerprint density at radius 1 is 0.800 bits per heavy atom. The van der Waals surface area contributed by atoms with Crippen molar-refractivity contribution in [1.29, 1.82) is 0 Å². The molecule has 10 heteroatoms. The van der Waals surface area contributed by atoms with Crippen molar-refractivity contribution in [2.24, 2.45) is 0 Å². The second-order valence-corrected chi connectivity index (χ2v) is 1.38. The molecule has 0 aliphatic heterocycles. The van der Waals surface area contributed by atoms with E-state index in [1.807, 2.05) is 0 Å².